The van der Waals surface area contributed by atoms with Crippen LogP contribution in [0.2, 0.25) is 0 Å². The fourth-order valence-electron chi connectivity index (χ4n) is 3.24. The molecule has 2 fully saturated rings. The predicted octanol–water partition coefficient (Wildman–Crippen LogP) is 2.68. The fraction of sp³-hybridized carbons (Fsp3) is 0.556. The van der Waals surface area contributed by atoms with E-state index in [0.29, 0.717) is 24.5 Å². The van der Waals surface area contributed by atoms with Gasteiger partial charge in [0.15, 0.2) is 0 Å². The summed E-state index contributed by atoms with van der Waals surface area (Å²) < 4.78 is 5.30. The number of piperidine rings is 1. The zero-order chi connectivity index (χ0) is 16.1. The third-order valence-corrected chi connectivity index (χ3v) is 4.65. The zero-order valence-corrected chi connectivity index (χ0v) is 13.4. The molecule has 2 heterocycles. The molecule has 0 spiro atoms. The van der Waals surface area contributed by atoms with E-state index >= 15 is 0 Å². The quantitative estimate of drug-likeness (QED) is 0.932. The van der Waals surface area contributed by atoms with Gasteiger partial charge in [-0.2, -0.15) is 0 Å². The number of ether oxygens (including phenoxy) is 1. The normalized spacial score (nSPS) is 19.4. The highest BCUT2D eigenvalue weighted by molar-refractivity contribution is 6.04. The SMILES string of the molecule is O=C(Nc1ccccc1C(=O)N1CCCCC1)C1CCOCC1. The Morgan fingerprint density at radius 3 is 2.48 bits per heavy atom. The van der Waals surface area contributed by atoms with E-state index in [9.17, 15) is 9.59 Å². The number of carbonyl (C=O) groups is 2. The van der Waals surface area contributed by atoms with Gasteiger partial charge in [0.2, 0.25) is 5.91 Å². The van der Waals surface area contributed by atoms with E-state index < -0.39 is 0 Å². The van der Waals surface area contributed by atoms with E-state index in [2.05, 4.69) is 5.32 Å². The average Bonchev–Trinajstić information content (AvgIpc) is 2.63. The first-order valence-electron chi connectivity index (χ1n) is 8.52. The number of nitrogens with one attached hydrogen (secondary N) is 1. The molecule has 2 aliphatic heterocycles. The van der Waals surface area contributed by atoms with Crippen molar-refractivity contribution in [2.75, 3.05) is 31.6 Å². The number of amides is 2. The van der Waals surface area contributed by atoms with Gasteiger partial charge in [0.1, 0.15) is 0 Å². The minimum atomic E-state index is -0.0260. The Balaban J connectivity index is 1.72. The molecule has 23 heavy (non-hydrogen) atoms. The molecule has 0 aromatic heterocycles. The standard InChI is InChI=1S/C18H24N2O3/c21-17(14-8-12-23-13-9-14)19-16-7-3-2-6-15(16)18(22)20-10-4-1-5-11-20/h2-3,6-7,14H,1,4-5,8-13H2,(H,19,21). The lowest BCUT2D eigenvalue weighted by Crippen LogP contribution is -2.36. The monoisotopic (exact) mass is 316 g/mol. The molecule has 1 aromatic carbocycles. The number of nitrogens with zero attached hydrogens (tertiary/aromatic N) is 1. The van der Waals surface area contributed by atoms with Crippen molar-refractivity contribution in [3.8, 4) is 0 Å². The maximum atomic E-state index is 12.7. The number of likely N-dealkylation sites (tertiary alicyclic amines) is 1. The molecule has 2 amide bonds. The second kappa shape index (κ2) is 7.59. The lowest BCUT2D eigenvalue weighted by Gasteiger charge is -2.28. The van der Waals surface area contributed by atoms with Crippen LogP contribution in [0.15, 0.2) is 24.3 Å². The molecule has 1 N–H and O–H groups in total. The predicted molar refractivity (Wildman–Crippen MR) is 88.4 cm³/mol. The first-order chi connectivity index (χ1) is 11.3. The minimum absolute atomic E-state index is 0.00723. The van der Waals surface area contributed by atoms with Gasteiger partial charge < -0.3 is 15.0 Å². The summed E-state index contributed by atoms with van der Waals surface area (Å²) in [5, 5.41) is 2.96. The number of hydrogen-bond acceptors (Lipinski definition) is 3. The smallest absolute Gasteiger partial charge is 0.255 e. The van der Waals surface area contributed by atoms with E-state index in [1.54, 1.807) is 6.07 Å². The first-order valence-corrected chi connectivity index (χ1v) is 8.52. The van der Waals surface area contributed by atoms with Crippen molar-refractivity contribution in [3.05, 3.63) is 29.8 Å². The Bertz CT molecular complexity index is 561. The molecule has 1 aromatic rings. The molecule has 0 radical (unpaired) electrons. The number of anilines is 1. The van der Waals surface area contributed by atoms with E-state index in [1.807, 2.05) is 23.1 Å². The van der Waals surface area contributed by atoms with Crippen LogP contribution in [0.4, 0.5) is 5.69 Å². The van der Waals surface area contributed by atoms with Crippen molar-refractivity contribution in [3.63, 3.8) is 0 Å². The zero-order valence-electron chi connectivity index (χ0n) is 13.4. The molecule has 5 nitrogen and oxygen atoms in total. The maximum Gasteiger partial charge on any atom is 0.255 e. The van der Waals surface area contributed by atoms with Crippen LogP contribution in [0.3, 0.4) is 0 Å². The molecule has 2 saturated heterocycles. The van der Waals surface area contributed by atoms with Crippen molar-refractivity contribution in [1.82, 2.24) is 4.90 Å². The average molecular weight is 316 g/mol. The highest BCUT2D eigenvalue weighted by atomic mass is 16.5. The Morgan fingerprint density at radius 1 is 1.04 bits per heavy atom. The molecule has 0 bridgehead atoms. The molecule has 0 atom stereocenters. The summed E-state index contributed by atoms with van der Waals surface area (Å²) in [6.07, 6.45) is 4.79. The highest BCUT2D eigenvalue weighted by Crippen LogP contribution is 2.22. The largest absolute Gasteiger partial charge is 0.381 e. The van der Waals surface area contributed by atoms with Gasteiger partial charge in [-0.1, -0.05) is 12.1 Å². The third kappa shape index (κ3) is 3.91. The van der Waals surface area contributed by atoms with Gasteiger partial charge in [0.05, 0.1) is 11.3 Å². The van der Waals surface area contributed by atoms with Crippen LogP contribution in [0, 0.1) is 5.92 Å². The Morgan fingerprint density at radius 2 is 1.74 bits per heavy atom. The lowest BCUT2D eigenvalue weighted by atomic mass is 9.99. The van der Waals surface area contributed by atoms with Crippen molar-refractivity contribution in [2.24, 2.45) is 5.92 Å². The van der Waals surface area contributed by atoms with Crippen LogP contribution in [-0.2, 0) is 9.53 Å². The van der Waals surface area contributed by atoms with E-state index in [0.717, 1.165) is 38.8 Å². The summed E-state index contributed by atoms with van der Waals surface area (Å²) in [5.41, 5.74) is 1.22. The summed E-state index contributed by atoms with van der Waals surface area (Å²) in [6, 6.07) is 7.32. The number of benzene rings is 1. The molecule has 0 aliphatic carbocycles. The number of hydrogen-bond donors (Lipinski definition) is 1. The van der Waals surface area contributed by atoms with Gasteiger partial charge in [-0.25, -0.2) is 0 Å². The molecule has 0 unspecified atom stereocenters. The molecule has 5 heteroatoms. The Kier molecular flexibility index (Phi) is 5.28. The minimum Gasteiger partial charge on any atom is -0.381 e. The van der Waals surface area contributed by atoms with Gasteiger partial charge in [0, 0.05) is 32.2 Å². The number of rotatable bonds is 3. The van der Waals surface area contributed by atoms with Crippen LogP contribution in [0.5, 0.6) is 0 Å². The van der Waals surface area contributed by atoms with E-state index in [4.69, 9.17) is 4.74 Å². The summed E-state index contributed by atoms with van der Waals surface area (Å²) in [4.78, 5) is 27.1. The molecule has 0 saturated carbocycles. The first kappa shape index (κ1) is 16.0. The maximum absolute atomic E-state index is 12.7. The summed E-state index contributed by atoms with van der Waals surface area (Å²) in [7, 11) is 0. The second-order valence-electron chi connectivity index (χ2n) is 6.27. The van der Waals surface area contributed by atoms with Crippen LogP contribution in [0.25, 0.3) is 0 Å². The Hall–Kier alpha value is -1.88. The van der Waals surface area contributed by atoms with Gasteiger partial charge in [-0.05, 0) is 44.2 Å². The second-order valence-corrected chi connectivity index (χ2v) is 6.27. The summed E-state index contributed by atoms with van der Waals surface area (Å²) >= 11 is 0. The molecule has 3 rings (SSSR count). The van der Waals surface area contributed by atoms with E-state index in [-0.39, 0.29) is 17.7 Å². The van der Waals surface area contributed by atoms with Crippen LogP contribution < -0.4 is 5.32 Å². The van der Waals surface area contributed by atoms with Gasteiger partial charge in [-0.3, -0.25) is 9.59 Å². The van der Waals surface area contributed by atoms with Crippen molar-refractivity contribution < 1.29 is 14.3 Å². The highest BCUT2D eigenvalue weighted by Gasteiger charge is 2.24. The molecule has 124 valence electrons. The van der Waals surface area contributed by atoms with Gasteiger partial charge in [0.25, 0.3) is 5.91 Å². The summed E-state index contributed by atoms with van der Waals surface area (Å²) in [5.74, 6) is -0.0123. The van der Waals surface area contributed by atoms with Crippen molar-refractivity contribution >= 4 is 17.5 Å². The molecule has 2 aliphatic rings. The van der Waals surface area contributed by atoms with Crippen LogP contribution in [-0.4, -0.2) is 43.0 Å². The van der Waals surface area contributed by atoms with Crippen LogP contribution in [0.1, 0.15) is 42.5 Å². The Labute approximate surface area is 137 Å². The van der Waals surface area contributed by atoms with E-state index in [1.165, 1.54) is 6.42 Å². The van der Waals surface area contributed by atoms with Gasteiger partial charge in [-0.15, -0.1) is 0 Å². The lowest BCUT2D eigenvalue weighted by molar-refractivity contribution is -0.122. The fourth-order valence-corrected chi connectivity index (χ4v) is 3.24. The van der Waals surface area contributed by atoms with Crippen molar-refractivity contribution in [2.45, 2.75) is 32.1 Å². The van der Waals surface area contributed by atoms with Crippen LogP contribution >= 0.6 is 0 Å². The third-order valence-electron chi connectivity index (χ3n) is 4.65. The molecular weight excluding hydrogens is 292 g/mol. The topological polar surface area (TPSA) is 58.6 Å². The van der Waals surface area contributed by atoms with Crippen molar-refractivity contribution in [1.29, 1.82) is 0 Å². The molecular formula is C18H24N2O3. The number of carbonyl (C=O) groups excluding carboxylic acids is 2. The number of para-hydroxylation sites is 1. The van der Waals surface area contributed by atoms with Gasteiger partial charge >= 0.3 is 0 Å². The summed E-state index contributed by atoms with van der Waals surface area (Å²) in [6.45, 7) is 2.88.